The van der Waals surface area contributed by atoms with E-state index in [4.69, 9.17) is 0 Å². The fourth-order valence-electron chi connectivity index (χ4n) is 3.80. The fraction of sp³-hybridized carbons (Fsp3) is 0.318. The third-order valence-corrected chi connectivity index (χ3v) is 5.45. The molecular weight excluding hydrogens is 308 g/mol. The number of hydrogen-bond donors (Lipinski definition) is 1. The van der Waals surface area contributed by atoms with Gasteiger partial charge in [-0.15, -0.1) is 0 Å². The maximum absolute atomic E-state index is 12.6. The molecule has 0 bridgehead atoms. The molecule has 128 valence electrons. The first kappa shape index (κ1) is 15.9. The van der Waals surface area contributed by atoms with E-state index in [1.165, 1.54) is 22.0 Å². The Morgan fingerprint density at radius 3 is 2.56 bits per heavy atom. The Bertz CT molecular complexity index is 877. The summed E-state index contributed by atoms with van der Waals surface area (Å²) in [6.45, 7) is 0.808. The Balaban J connectivity index is 1.43. The number of likely N-dealkylation sites (N-methyl/N-ethyl adjacent to an activating group) is 1. The Hall–Kier alpha value is -2.55. The van der Waals surface area contributed by atoms with E-state index >= 15 is 0 Å². The zero-order valence-electron chi connectivity index (χ0n) is 14.7. The highest BCUT2D eigenvalue weighted by Crippen LogP contribution is 2.50. The van der Waals surface area contributed by atoms with Crippen LogP contribution in [0.3, 0.4) is 0 Å². The van der Waals surface area contributed by atoms with E-state index in [0.717, 1.165) is 25.8 Å². The van der Waals surface area contributed by atoms with Crippen LogP contribution in [0.2, 0.25) is 0 Å². The monoisotopic (exact) mass is 332 g/mol. The van der Waals surface area contributed by atoms with Crippen molar-refractivity contribution in [1.82, 2.24) is 9.88 Å². The summed E-state index contributed by atoms with van der Waals surface area (Å²) in [6.07, 6.45) is 5.84. The number of H-pyrrole nitrogens is 1. The van der Waals surface area contributed by atoms with E-state index < -0.39 is 0 Å². The summed E-state index contributed by atoms with van der Waals surface area (Å²) < 4.78 is 0. The molecular formula is C22H24N2O. The molecule has 0 aliphatic heterocycles. The molecule has 1 N–H and O–H groups in total. The number of hydrogen-bond acceptors (Lipinski definition) is 1. The maximum atomic E-state index is 12.6. The Kier molecular flexibility index (Phi) is 4.08. The van der Waals surface area contributed by atoms with Crippen LogP contribution in [-0.2, 0) is 16.6 Å². The van der Waals surface area contributed by atoms with E-state index in [0.29, 0.717) is 6.42 Å². The van der Waals surface area contributed by atoms with Gasteiger partial charge in [-0.3, -0.25) is 4.79 Å². The molecule has 0 spiro atoms. The zero-order chi connectivity index (χ0) is 17.3. The molecule has 3 nitrogen and oxygen atoms in total. The van der Waals surface area contributed by atoms with Crippen molar-refractivity contribution in [1.29, 1.82) is 0 Å². The van der Waals surface area contributed by atoms with E-state index in [1.54, 1.807) is 0 Å². The molecule has 0 radical (unpaired) electrons. The molecule has 1 amide bonds. The topological polar surface area (TPSA) is 36.1 Å². The number of fused-ring (bicyclic) bond motifs is 1. The summed E-state index contributed by atoms with van der Waals surface area (Å²) >= 11 is 0. The number of aromatic nitrogens is 1. The first-order valence-corrected chi connectivity index (χ1v) is 9.02. The molecule has 1 heterocycles. The van der Waals surface area contributed by atoms with Crippen LogP contribution in [0, 0.1) is 0 Å². The number of rotatable bonds is 6. The number of amides is 1. The minimum absolute atomic E-state index is 0.136. The minimum atomic E-state index is 0.136. The summed E-state index contributed by atoms with van der Waals surface area (Å²) in [6, 6.07) is 18.7. The molecule has 1 fully saturated rings. The number of benzene rings is 2. The summed E-state index contributed by atoms with van der Waals surface area (Å²) in [5.41, 5.74) is 3.91. The number of para-hydroxylation sites is 1. The summed E-state index contributed by atoms with van der Waals surface area (Å²) in [7, 11) is 1.95. The van der Waals surface area contributed by atoms with Gasteiger partial charge in [-0.05, 0) is 36.5 Å². The predicted molar refractivity (Wildman–Crippen MR) is 102 cm³/mol. The van der Waals surface area contributed by atoms with Gasteiger partial charge in [0.1, 0.15) is 0 Å². The summed E-state index contributed by atoms with van der Waals surface area (Å²) in [5.74, 6) is 0.231. The highest BCUT2D eigenvalue weighted by Gasteiger charge is 2.46. The van der Waals surface area contributed by atoms with Crippen LogP contribution in [0.1, 0.15) is 30.4 Å². The number of carbonyl (C=O) groups is 1. The van der Waals surface area contributed by atoms with E-state index in [-0.39, 0.29) is 11.3 Å². The molecule has 1 aliphatic rings. The van der Waals surface area contributed by atoms with Gasteiger partial charge in [0.15, 0.2) is 0 Å². The first-order valence-electron chi connectivity index (χ1n) is 9.02. The van der Waals surface area contributed by atoms with Gasteiger partial charge < -0.3 is 9.88 Å². The van der Waals surface area contributed by atoms with Gasteiger partial charge in [-0.25, -0.2) is 0 Å². The van der Waals surface area contributed by atoms with Crippen molar-refractivity contribution in [2.24, 2.45) is 0 Å². The van der Waals surface area contributed by atoms with Gasteiger partial charge in [0.25, 0.3) is 0 Å². The Morgan fingerprint density at radius 2 is 1.80 bits per heavy atom. The third kappa shape index (κ3) is 3.19. The van der Waals surface area contributed by atoms with Gasteiger partial charge >= 0.3 is 0 Å². The van der Waals surface area contributed by atoms with Crippen molar-refractivity contribution in [3.05, 3.63) is 71.9 Å². The first-order chi connectivity index (χ1) is 12.2. The maximum Gasteiger partial charge on any atom is 0.222 e. The van der Waals surface area contributed by atoms with Crippen molar-refractivity contribution in [2.45, 2.75) is 31.1 Å². The molecule has 1 aromatic heterocycles. The van der Waals surface area contributed by atoms with Crippen LogP contribution in [0.25, 0.3) is 10.9 Å². The molecule has 0 saturated heterocycles. The van der Waals surface area contributed by atoms with Crippen LogP contribution in [0.15, 0.2) is 60.8 Å². The van der Waals surface area contributed by atoms with Gasteiger partial charge in [0.2, 0.25) is 5.91 Å². The lowest BCUT2D eigenvalue weighted by Crippen LogP contribution is -2.34. The Morgan fingerprint density at radius 1 is 1.08 bits per heavy atom. The SMILES string of the molecule is CN(CC1(c2c[nH]c3ccccc23)CC1)C(=O)CCc1ccccc1. The second-order valence-corrected chi connectivity index (χ2v) is 7.26. The molecule has 25 heavy (non-hydrogen) atoms. The number of aromatic amines is 1. The third-order valence-electron chi connectivity index (χ3n) is 5.45. The molecule has 1 aliphatic carbocycles. The molecule has 3 aromatic rings. The average molecular weight is 332 g/mol. The smallest absolute Gasteiger partial charge is 0.222 e. The lowest BCUT2D eigenvalue weighted by atomic mass is 9.94. The molecule has 2 aromatic carbocycles. The summed E-state index contributed by atoms with van der Waals surface area (Å²) in [5, 5.41) is 1.30. The quantitative estimate of drug-likeness (QED) is 0.718. The van der Waals surface area contributed by atoms with Crippen molar-refractivity contribution < 1.29 is 4.79 Å². The number of nitrogens with zero attached hydrogens (tertiary/aromatic N) is 1. The lowest BCUT2D eigenvalue weighted by Gasteiger charge is -2.24. The minimum Gasteiger partial charge on any atom is -0.361 e. The normalized spacial score (nSPS) is 15.2. The van der Waals surface area contributed by atoms with Crippen LogP contribution >= 0.6 is 0 Å². The van der Waals surface area contributed by atoms with E-state index in [2.05, 4.69) is 47.6 Å². The van der Waals surface area contributed by atoms with Crippen molar-refractivity contribution in [3.8, 4) is 0 Å². The lowest BCUT2D eigenvalue weighted by molar-refractivity contribution is -0.130. The molecule has 3 heteroatoms. The number of aryl methyl sites for hydroxylation is 1. The van der Waals surface area contributed by atoms with Crippen LogP contribution in [-0.4, -0.2) is 29.4 Å². The van der Waals surface area contributed by atoms with Crippen LogP contribution < -0.4 is 0 Å². The van der Waals surface area contributed by atoms with Crippen molar-refractivity contribution >= 4 is 16.8 Å². The van der Waals surface area contributed by atoms with Crippen LogP contribution in [0.5, 0.6) is 0 Å². The number of carbonyl (C=O) groups excluding carboxylic acids is 1. The average Bonchev–Trinajstić information content (AvgIpc) is 3.28. The standard InChI is InChI=1S/C22H24N2O/c1-24(21(25)12-11-17-7-3-2-4-8-17)16-22(13-14-22)19-15-23-20-10-6-5-9-18(19)20/h2-10,15,23H,11-14,16H2,1H3. The van der Waals surface area contributed by atoms with Crippen molar-refractivity contribution in [2.75, 3.05) is 13.6 Å². The largest absolute Gasteiger partial charge is 0.361 e. The van der Waals surface area contributed by atoms with Gasteiger partial charge in [-0.1, -0.05) is 48.5 Å². The molecule has 0 atom stereocenters. The summed E-state index contributed by atoms with van der Waals surface area (Å²) in [4.78, 5) is 17.9. The zero-order valence-corrected chi connectivity index (χ0v) is 14.7. The van der Waals surface area contributed by atoms with Gasteiger partial charge in [0, 0.05) is 42.5 Å². The van der Waals surface area contributed by atoms with E-state index in [1.807, 2.05) is 30.1 Å². The van der Waals surface area contributed by atoms with Gasteiger partial charge in [-0.2, -0.15) is 0 Å². The molecule has 0 unspecified atom stereocenters. The molecule has 1 saturated carbocycles. The van der Waals surface area contributed by atoms with Gasteiger partial charge in [0.05, 0.1) is 0 Å². The van der Waals surface area contributed by atoms with Crippen LogP contribution in [0.4, 0.5) is 0 Å². The number of nitrogens with one attached hydrogen (secondary N) is 1. The highest BCUT2D eigenvalue weighted by molar-refractivity contribution is 5.85. The second kappa shape index (κ2) is 6.40. The van der Waals surface area contributed by atoms with E-state index in [9.17, 15) is 4.79 Å². The predicted octanol–water partition coefficient (Wildman–Crippen LogP) is 4.29. The second-order valence-electron chi connectivity index (χ2n) is 7.26. The Labute approximate surface area is 148 Å². The fourth-order valence-corrected chi connectivity index (χ4v) is 3.80. The molecule has 4 rings (SSSR count). The highest BCUT2D eigenvalue weighted by atomic mass is 16.2. The van der Waals surface area contributed by atoms with Crippen molar-refractivity contribution in [3.63, 3.8) is 0 Å².